The van der Waals surface area contributed by atoms with E-state index in [0.717, 1.165) is 30.5 Å². The Morgan fingerprint density at radius 3 is 2.19 bits per heavy atom. The summed E-state index contributed by atoms with van der Waals surface area (Å²) < 4.78 is 68.6. The number of amides is 1. The minimum Gasteiger partial charge on any atom is -0.489 e. The third-order valence-corrected chi connectivity index (χ3v) is 6.66. The quantitative estimate of drug-likeness (QED) is 0.577. The van der Waals surface area contributed by atoms with Crippen LogP contribution in [0.4, 0.5) is 4.39 Å². The molecule has 162 valence electrons. The second kappa shape index (κ2) is 8.86. The normalized spacial score (nSPS) is 11.7. The predicted octanol–water partition coefficient (Wildman–Crippen LogP) is 2.93. The van der Waals surface area contributed by atoms with E-state index < -0.39 is 31.6 Å². The lowest BCUT2D eigenvalue weighted by Gasteiger charge is -2.10. The molecule has 31 heavy (non-hydrogen) atoms. The number of sulfone groups is 1. The van der Waals surface area contributed by atoms with E-state index in [9.17, 15) is 26.0 Å². The monoisotopic (exact) mass is 463 g/mol. The van der Waals surface area contributed by atoms with Crippen molar-refractivity contribution < 1.29 is 30.8 Å². The van der Waals surface area contributed by atoms with Crippen molar-refractivity contribution in [2.24, 2.45) is 0 Å². The summed E-state index contributed by atoms with van der Waals surface area (Å²) in [6.45, 7) is 0.0633. The van der Waals surface area contributed by atoms with Crippen LogP contribution in [-0.4, -0.2) is 29.0 Å². The van der Waals surface area contributed by atoms with Gasteiger partial charge < -0.3 is 4.74 Å². The fourth-order valence-corrected chi connectivity index (χ4v) is 4.23. The van der Waals surface area contributed by atoms with Crippen molar-refractivity contribution in [3.63, 3.8) is 0 Å². The fraction of sp³-hybridized carbons (Fsp3) is 0.0952. The minimum atomic E-state index is -4.22. The van der Waals surface area contributed by atoms with Crippen molar-refractivity contribution in [2.45, 2.75) is 16.4 Å². The molecule has 0 heterocycles. The van der Waals surface area contributed by atoms with Gasteiger partial charge in [-0.25, -0.2) is 25.9 Å². The summed E-state index contributed by atoms with van der Waals surface area (Å²) in [6.07, 6.45) is 1.00. The Bertz CT molecular complexity index is 1320. The molecule has 10 heteroatoms. The van der Waals surface area contributed by atoms with Crippen LogP contribution in [0.2, 0.25) is 0 Å². The van der Waals surface area contributed by atoms with Crippen molar-refractivity contribution in [1.82, 2.24) is 4.72 Å². The van der Waals surface area contributed by atoms with E-state index in [-0.39, 0.29) is 22.0 Å². The first-order valence-electron chi connectivity index (χ1n) is 8.89. The molecule has 0 aliphatic carbocycles. The molecule has 0 spiro atoms. The van der Waals surface area contributed by atoms with Crippen LogP contribution in [-0.2, 0) is 26.5 Å². The van der Waals surface area contributed by atoms with Gasteiger partial charge in [0.05, 0.1) is 9.79 Å². The maximum Gasteiger partial charge on any atom is 0.265 e. The number of halogens is 1. The summed E-state index contributed by atoms with van der Waals surface area (Å²) in [5.74, 6) is -0.987. The van der Waals surface area contributed by atoms with E-state index >= 15 is 0 Å². The first-order chi connectivity index (χ1) is 14.5. The highest BCUT2D eigenvalue weighted by Gasteiger charge is 2.20. The van der Waals surface area contributed by atoms with Gasteiger partial charge in [-0.2, -0.15) is 0 Å². The van der Waals surface area contributed by atoms with Crippen molar-refractivity contribution in [3.8, 4) is 5.75 Å². The predicted molar refractivity (Wildman–Crippen MR) is 111 cm³/mol. The topological polar surface area (TPSA) is 107 Å². The van der Waals surface area contributed by atoms with Crippen LogP contribution in [0, 0.1) is 5.82 Å². The molecule has 0 aromatic heterocycles. The van der Waals surface area contributed by atoms with E-state index in [1.165, 1.54) is 30.3 Å². The molecule has 3 rings (SSSR count). The smallest absolute Gasteiger partial charge is 0.265 e. The molecule has 1 amide bonds. The lowest BCUT2D eigenvalue weighted by atomic mass is 10.2. The van der Waals surface area contributed by atoms with Crippen molar-refractivity contribution in [1.29, 1.82) is 0 Å². The number of rotatable bonds is 7. The number of ether oxygens (including phenoxy) is 1. The zero-order chi connectivity index (χ0) is 22.6. The van der Waals surface area contributed by atoms with Gasteiger partial charge in [0.25, 0.3) is 15.9 Å². The molecule has 0 unspecified atom stereocenters. The number of carbonyl (C=O) groups is 1. The Balaban J connectivity index is 1.71. The van der Waals surface area contributed by atoms with Gasteiger partial charge >= 0.3 is 0 Å². The molecule has 0 aliphatic rings. The molecule has 3 aromatic rings. The van der Waals surface area contributed by atoms with E-state index in [1.807, 2.05) is 4.72 Å². The average molecular weight is 464 g/mol. The number of benzene rings is 3. The molecular weight excluding hydrogens is 445 g/mol. The maximum absolute atomic E-state index is 13.2. The highest BCUT2D eigenvalue weighted by Crippen LogP contribution is 2.18. The largest absolute Gasteiger partial charge is 0.489 e. The molecule has 0 atom stereocenters. The second-order valence-electron chi connectivity index (χ2n) is 6.62. The van der Waals surface area contributed by atoms with Gasteiger partial charge in [-0.15, -0.1) is 0 Å². The molecule has 0 bridgehead atoms. The SMILES string of the molecule is CS(=O)(=O)c1ccc(S(=O)(=O)NC(=O)c2cccc(OCc3cccc(F)c3)c2)cc1. The molecule has 7 nitrogen and oxygen atoms in total. The van der Waals surface area contributed by atoms with Gasteiger partial charge in [0.15, 0.2) is 9.84 Å². The molecular formula is C21H18FNO6S2. The zero-order valence-electron chi connectivity index (χ0n) is 16.3. The lowest BCUT2D eigenvalue weighted by Crippen LogP contribution is -2.30. The Labute approximate surface area is 179 Å². The standard InChI is InChI=1S/C21H18FNO6S2/c1-30(25,26)19-8-10-20(11-9-19)31(27,28)23-21(24)16-5-3-7-18(13-16)29-14-15-4-2-6-17(22)12-15/h2-13H,14H2,1H3,(H,23,24). The molecule has 0 saturated carbocycles. The molecule has 3 aromatic carbocycles. The van der Waals surface area contributed by atoms with Crippen LogP contribution in [0.5, 0.6) is 5.75 Å². The maximum atomic E-state index is 13.2. The molecule has 1 N–H and O–H groups in total. The first kappa shape index (κ1) is 22.4. The van der Waals surface area contributed by atoms with Crippen LogP contribution in [0.25, 0.3) is 0 Å². The third kappa shape index (κ3) is 5.89. The van der Waals surface area contributed by atoms with Gasteiger partial charge in [0.2, 0.25) is 0 Å². The first-order valence-corrected chi connectivity index (χ1v) is 12.3. The summed E-state index contributed by atoms with van der Waals surface area (Å²) in [5, 5.41) is 0. The van der Waals surface area contributed by atoms with Gasteiger partial charge in [0, 0.05) is 11.8 Å². The highest BCUT2D eigenvalue weighted by molar-refractivity contribution is 7.91. The average Bonchev–Trinajstić information content (AvgIpc) is 2.72. The number of hydrogen-bond acceptors (Lipinski definition) is 6. The van der Waals surface area contributed by atoms with Crippen LogP contribution < -0.4 is 9.46 Å². The van der Waals surface area contributed by atoms with Crippen molar-refractivity contribution in [2.75, 3.05) is 6.26 Å². The van der Waals surface area contributed by atoms with Gasteiger partial charge in [-0.1, -0.05) is 18.2 Å². The van der Waals surface area contributed by atoms with Gasteiger partial charge in [0.1, 0.15) is 18.2 Å². The summed E-state index contributed by atoms with van der Waals surface area (Å²) in [5.41, 5.74) is 0.628. The number of carbonyl (C=O) groups excluding carboxylic acids is 1. The van der Waals surface area contributed by atoms with Crippen molar-refractivity contribution in [3.05, 3.63) is 89.7 Å². The van der Waals surface area contributed by atoms with Crippen LogP contribution in [0.1, 0.15) is 15.9 Å². The summed E-state index contributed by atoms with van der Waals surface area (Å²) in [4.78, 5) is 12.1. The number of sulfonamides is 1. The van der Waals surface area contributed by atoms with Crippen LogP contribution >= 0.6 is 0 Å². The second-order valence-corrected chi connectivity index (χ2v) is 10.3. The molecule has 0 fully saturated rings. The van der Waals surface area contributed by atoms with Crippen molar-refractivity contribution >= 4 is 25.8 Å². The number of hydrogen-bond donors (Lipinski definition) is 1. The Kier molecular flexibility index (Phi) is 6.42. The summed E-state index contributed by atoms with van der Waals surface area (Å²) >= 11 is 0. The fourth-order valence-electron chi connectivity index (χ4n) is 2.63. The van der Waals surface area contributed by atoms with Gasteiger partial charge in [-0.05, 0) is 60.2 Å². The summed E-state index contributed by atoms with van der Waals surface area (Å²) in [7, 11) is -7.70. The Morgan fingerprint density at radius 1 is 0.903 bits per heavy atom. The Hall–Kier alpha value is -3.24. The van der Waals surface area contributed by atoms with E-state index in [4.69, 9.17) is 4.74 Å². The molecule has 0 aliphatic heterocycles. The van der Waals surface area contributed by atoms with Gasteiger partial charge in [-0.3, -0.25) is 4.79 Å². The zero-order valence-corrected chi connectivity index (χ0v) is 17.9. The van der Waals surface area contributed by atoms with Crippen LogP contribution in [0.15, 0.2) is 82.6 Å². The minimum absolute atomic E-state index is 0.0353. The highest BCUT2D eigenvalue weighted by atomic mass is 32.2. The molecule has 0 saturated heterocycles. The Morgan fingerprint density at radius 2 is 1.55 bits per heavy atom. The number of nitrogens with one attached hydrogen (secondary N) is 1. The summed E-state index contributed by atoms with van der Waals surface area (Å²) in [6, 6.07) is 16.2. The third-order valence-electron chi connectivity index (χ3n) is 4.18. The van der Waals surface area contributed by atoms with E-state index in [2.05, 4.69) is 0 Å². The van der Waals surface area contributed by atoms with Crippen LogP contribution in [0.3, 0.4) is 0 Å². The molecule has 0 radical (unpaired) electrons. The lowest BCUT2D eigenvalue weighted by molar-refractivity contribution is 0.0981. The van der Waals surface area contributed by atoms with E-state index in [1.54, 1.807) is 18.2 Å². The van der Waals surface area contributed by atoms with E-state index in [0.29, 0.717) is 11.3 Å².